The van der Waals surface area contributed by atoms with Crippen molar-refractivity contribution < 1.29 is 4.79 Å². The quantitative estimate of drug-likeness (QED) is 0.361. The second-order valence-corrected chi connectivity index (χ2v) is 11.5. The molecule has 0 saturated carbocycles. The zero-order chi connectivity index (χ0) is 27.6. The fourth-order valence-corrected chi connectivity index (χ4v) is 5.32. The van der Waals surface area contributed by atoms with Crippen LogP contribution in [0.4, 0.5) is 11.4 Å². The first-order chi connectivity index (χ1) is 18.0. The van der Waals surface area contributed by atoms with Gasteiger partial charge in [0.25, 0.3) is 5.91 Å². The Balaban J connectivity index is 1.66. The van der Waals surface area contributed by atoms with E-state index in [0.717, 1.165) is 78.2 Å². The summed E-state index contributed by atoms with van der Waals surface area (Å²) in [6, 6.07) is 12.7. The smallest absolute Gasteiger partial charge is 0.272 e. The first-order valence-electron chi connectivity index (χ1n) is 13.6. The van der Waals surface area contributed by atoms with Crippen molar-refractivity contribution in [3.8, 4) is 0 Å². The number of amides is 1. The van der Waals surface area contributed by atoms with Crippen LogP contribution < -0.4 is 10.6 Å². The van der Waals surface area contributed by atoms with Gasteiger partial charge in [-0.3, -0.25) is 9.69 Å². The van der Waals surface area contributed by atoms with Gasteiger partial charge in [0.05, 0.1) is 5.52 Å². The molecule has 38 heavy (non-hydrogen) atoms. The Morgan fingerprint density at radius 3 is 2.29 bits per heavy atom. The predicted octanol–water partition coefficient (Wildman–Crippen LogP) is 6.50. The number of aryl methyl sites for hydroxylation is 1. The molecule has 0 spiro atoms. The molecule has 6 nitrogen and oxygen atoms in total. The average molecular weight is 514 g/mol. The molecule has 0 unspecified atom stereocenters. The van der Waals surface area contributed by atoms with Crippen LogP contribution in [0, 0.1) is 0 Å². The molecular weight excluding hydrogens is 470 g/mol. The van der Waals surface area contributed by atoms with Crippen LogP contribution >= 0.6 is 0 Å². The second-order valence-electron chi connectivity index (χ2n) is 11.5. The van der Waals surface area contributed by atoms with Gasteiger partial charge in [-0.1, -0.05) is 59.1 Å². The van der Waals surface area contributed by atoms with Gasteiger partial charge in [-0.05, 0) is 59.8 Å². The standard InChI is InChI=1S/C32H43N5O/c1-9-26-27(33-22(3)4)19-25(32(5,6)7)20-28(26)34-31(38)29-18-23-12-11-13-24(30(23)35(29)8)21-37-16-14-36(10-2)15-17-37/h10-13,18-20,33H,2-3,9,14-17,21H2,1,4-8H3,(H,34,38). The van der Waals surface area contributed by atoms with Gasteiger partial charge in [0, 0.05) is 62.2 Å². The Morgan fingerprint density at radius 1 is 1.05 bits per heavy atom. The third kappa shape index (κ3) is 5.81. The molecule has 0 bridgehead atoms. The number of fused-ring (bicyclic) bond motifs is 1. The van der Waals surface area contributed by atoms with Crippen molar-refractivity contribution in [1.29, 1.82) is 0 Å². The molecule has 1 aromatic heterocycles. The molecule has 1 aliphatic rings. The van der Waals surface area contributed by atoms with Crippen LogP contribution in [0.3, 0.4) is 0 Å². The molecule has 3 aromatic rings. The van der Waals surface area contributed by atoms with E-state index >= 15 is 0 Å². The third-order valence-corrected chi connectivity index (χ3v) is 7.50. The number of allylic oxidation sites excluding steroid dienone is 1. The number of aromatic nitrogens is 1. The lowest BCUT2D eigenvalue weighted by atomic mass is 9.85. The SMILES string of the molecule is C=CN1CCN(Cc2cccc3cc(C(=O)Nc4cc(C(C)(C)C)cc(NC(=C)C)c4CC)n(C)c23)CC1. The second kappa shape index (κ2) is 11.1. The fraction of sp³-hybridized carbons (Fsp3) is 0.406. The summed E-state index contributed by atoms with van der Waals surface area (Å²) in [5.41, 5.74) is 7.90. The molecular formula is C32H43N5O. The molecule has 1 amide bonds. The number of piperazine rings is 1. The molecule has 1 fully saturated rings. The maximum Gasteiger partial charge on any atom is 0.272 e. The molecule has 4 rings (SSSR count). The van der Waals surface area contributed by atoms with Gasteiger partial charge >= 0.3 is 0 Å². The Labute approximate surface area is 228 Å². The number of nitrogens with one attached hydrogen (secondary N) is 2. The molecule has 1 saturated heterocycles. The van der Waals surface area contributed by atoms with Gasteiger partial charge < -0.3 is 20.1 Å². The normalized spacial score (nSPS) is 14.5. The van der Waals surface area contributed by atoms with Crippen molar-refractivity contribution in [1.82, 2.24) is 14.4 Å². The van der Waals surface area contributed by atoms with Crippen molar-refractivity contribution in [2.75, 3.05) is 36.8 Å². The summed E-state index contributed by atoms with van der Waals surface area (Å²) in [7, 11) is 2.00. The highest BCUT2D eigenvalue weighted by atomic mass is 16.1. The monoisotopic (exact) mass is 513 g/mol. The Bertz CT molecular complexity index is 1350. The first kappa shape index (κ1) is 27.5. The number of para-hydroxylation sites is 1. The van der Waals surface area contributed by atoms with Crippen LogP contribution in [0.15, 0.2) is 61.5 Å². The Hall–Kier alpha value is -3.51. The molecule has 6 heteroatoms. The van der Waals surface area contributed by atoms with Gasteiger partial charge in [0.15, 0.2) is 0 Å². The number of carbonyl (C=O) groups excluding carboxylic acids is 1. The van der Waals surface area contributed by atoms with E-state index in [-0.39, 0.29) is 11.3 Å². The van der Waals surface area contributed by atoms with Crippen LogP contribution in [0.5, 0.6) is 0 Å². The minimum absolute atomic E-state index is 0.0665. The van der Waals surface area contributed by atoms with E-state index in [0.29, 0.717) is 5.69 Å². The number of benzene rings is 2. The Morgan fingerprint density at radius 2 is 1.71 bits per heavy atom. The summed E-state index contributed by atoms with van der Waals surface area (Å²) < 4.78 is 2.05. The molecule has 2 heterocycles. The topological polar surface area (TPSA) is 52.5 Å². The molecule has 0 radical (unpaired) electrons. The van der Waals surface area contributed by atoms with Gasteiger partial charge in [0.2, 0.25) is 0 Å². The summed E-state index contributed by atoms with van der Waals surface area (Å²) in [5.74, 6) is -0.101. The van der Waals surface area contributed by atoms with Crippen molar-refractivity contribution in [2.24, 2.45) is 7.05 Å². The highest BCUT2D eigenvalue weighted by Gasteiger charge is 2.22. The summed E-state index contributed by atoms with van der Waals surface area (Å²) in [6.45, 7) is 23.4. The first-order valence-corrected chi connectivity index (χ1v) is 13.6. The summed E-state index contributed by atoms with van der Waals surface area (Å²) >= 11 is 0. The van der Waals surface area contributed by atoms with E-state index in [4.69, 9.17) is 0 Å². The predicted molar refractivity (Wildman–Crippen MR) is 161 cm³/mol. The lowest BCUT2D eigenvalue weighted by Gasteiger charge is -2.34. The van der Waals surface area contributed by atoms with E-state index in [1.165, 1.54) is 5.56 Å². The van der Waals surface area contributed by atoms with E-state index in [1.54, 1.807) is 0 Å². The van der Waals surface area contributed by atoms with E-state index in [2.05, 4.69) is 91.6 Å². The van der Waals surface area contributed by atoms with Gasteiger partial charge in [-0.25, -0.2) is 0 Å². The number of carbonyl (C=O) groups is 1. The lowest BCUT2D eigenvalue weighted by Crippen LogP contribution is -2.43. The summed E-state index contributed by atoms with van der Waals surface area (Å²) in [4.78, 5) is 18.5. The molecule has 0 atom stereocenters. The number of hydrogen-bond donors (Lipinski definition) is 2. The van der Waals surface area contributed by atoms with Gasteiger partial charge in [-0.2, -0.15) is 0 Å². The van der Waals surface area contributed by atoms with E-state index in [1.807, 2.05) is 30.8 Å². The van der Waals surface area contributed by atoms with Crippen LogP contribution in [0.25, 0.3) is 10.9 Å². The number of nitrogens with zero attached hydrogens (tertiary/aromatic N) is 3. The van der Waals surface area contributed by atoms with E-state index in [9.17, 15) is 4.79 Å². The minimum atomic E-state index is -0.101. The van der Waals surface area contributed by atoms with Crippen LogP contribution in [-0.2, 0) is 25.4 Å². The fourth-order valence-electron chi connectivity index (χ4n) is 5.32. The van der Waals surface area contributed by atoms with E-state index < -0.39 is 0 Å². The summed E-state index contributed by atoms with van der Waals surface area (Å²) in [5, 5.41) is 7.76. The average Bonchev–Trinajstić information content (AvgIpc) is 3.21. The maximum atomic E-state index is 13.7. The molecule has 2 aromatic carbocycles. The molecule has 1 aliphatic heterocycles. The molecule has 0 aliphatic carbocycles. The van der Waals surface area contributed by atoms with Crippen molar-refractivity contribution in [2.45, 2.75) is 53.0 Å². The van der Waals surface area contributed by atoms with Crippen LogP contribution in [-0.4, -0.2) is 46.5 Å². The molecule has 2 N–H and O–H groups in total. The van der Waals surface area contributed by atoms with Crippen LogP contribution in [0.2, 0.25) is 0 Å². The zero-order valence-corrected chi connectivity index (χ0v) is 23.9. The number of anilines is 2. The van der Waals surface area contributed by atoms with Crippen molar-refractivity contribution in [3.63, 3.8) is 0 Å². The highest BCUT2D eigenvalue weighted by molar-refractivity contribution is 6.07. The maximum absolute atomic E-state index is 13.7. The van der Waals surface area contributed by atoms with Crippen LogP contribution in [0.1, 0.15) is 61.8 Å². The highest BCUT2D eigenvalue weighted by Crippen LogP contribution is 2.34. The van der Waals surface area contributed by atoms with Gasteiger partial charge in [0.1, 0.15) is 5.69 Å². The van der Waals surface area contributed by atoms with Gasteiger partial charge in [-0.15, -0.1) is 0 Å². The number of hydrogen-bond acceptors (Lipinski definition) is 4. The summed E-state index contributed by atoms with van der Waals surface area (Å²) in [6.07, 6.45) is 2.72. The van der Waals surface area contributed by atoms with Crippen molar-refractivity contribution in [3.05, 3.63) is 83.8 Å². The largest absolute Gasteiger partial charge is 0.375 e. The third-order valence-electron chi connectivity index (χ3n) is 7.50. The van der Waals surface area contributed by atoms with Crippen molar-refractivity contribution >= 4 is 28.2 Å². The minimum Gasteiger partial charge on any atom is -0.375 e. The Kier molecular flexibility index (Phi) is 8.02. The number of rotatable bonds is 8. The lowest BCUT2D eigenvalue weighted by molar-refractivity contribution is 0.101. The zero-order valence-electron chi connectivity index (χ0n) is 23.9. The molecule has 202 valence electrons.